The van der Waals surface area contributed by atoms with Crippen LogP contribution in [0.4, 0.5) is 0 Å². The van der Waals surface area contributed by atoms with Crippen LogP contribution in [0.15, 0.2) is 12.1 Å². The van der Waals surface area contributed by atoms with Gasteiger partial charge in [-0.1, -0.05) is 0 Å². The maximum atomic E-state index is 2.74. The van der Waals surface area contributed by atoms with Crippen LogP contribution in [0.2, 0.25) is 0 Å². The van der Waals surface area contributed by atoms with Crippen LogP contribution in [-0.4, -0.2) is 0 Å². The molecule has 0 bridgehead atoms. The van der Waals surface area contributed by atoms with Crippen molar-refractivity contribution in [1.29, 1.82) is 0 Å². The number of hydrogen-bond donors (Lipinski definition) is 0. The van der Waals surface area contributed by atoms with E-state index in [1.54, 1.807) is 0 Å². The van der Waals surface area contributed by atoms with Crippen molar-refractivity contribution in [1.82, 2.24) is 0 Å². The van der Waals surface area contributed by atoms with Gasteiger partial charge in [0, 0.05) is 7.14 Å². The molecule has 0 N–H and O–H groups in total. The molecule has 0 aliphatic rings. The Bertz CT molecular complexity index is 237. The molecule has 10 heavy (non-hydrogen) atoms. The summed E-state index contributed by atoms with van der Waals surface area (Å²) < 4.78 is 2.61. The first kappa shape index (κ1) is 9.63. The smallest absolute Gasteiger partial charge is 0.0218 e. The molecular formula is C6H6I2P2. The normalized spacial score (nSPS) is 10.0. The fraction of sp³-hybridized carbons (Fsp3) is 0. The van der Waals surface area contributed by atoms with Gasteiger partial charge in [0.1, 0.15) is 0 Å². The van der Waals surface area contributed by atoms with Gasteiger partial charge in [-0.2, -0.15) is 0 Å². The third-order valence-electron chi connectivity index (χ3n) is 1.10. The molecule has 2 atom stereocenters. The monoisotopic (exact) mass is 394 g/mol. The van der Waals surface area contributed by atoms with Crippen LogP contribution in [0.25, 0.3) is 0 Å². The topological polar surface area (TPSA) is 0 Å². The number of rotatable bonds is 0. The molecule has 0 aliphatic heterocycles. The van der Waals surface area contributed by atoms with E-state index in [0.29, 0.717) is 0 Å². The molecule has 0 radical (unpaired) electrons. The van der Waals surface area contributed by atoms with Crippen LogP contribution in [0, 0.1) is 7.14 Å². The molecule has 0 heterocycles. The molecule has 1 rings (SSSR count). The summed E-state index contributed by atoms with van der Waals surface area (Å²) in [6.07, 6.45) is 0. The van der Waals surface area contributed by atoms with E-state index >= 15 is 0 Å². The third kappa shape index (κ3) is 2.26. The molecule has 0 saturated carbocycles. The first-order chi connectivity index (χ1) is 4.61. The van der Waals surface area contributed by atoms with Gasteiger partial charge in [0.15, 0.2) is 0 Å². The van der Waals surface area contributed by atoms with Crippen molar-refractivity contribution in [2.45, 2.75) is 0 Å². The molecule has 0 saturated heterocycles. The summed E-state index contributed by atoms with van der Waals surface area (Å²) in [4.78, 5) is 0. The van der Waals surface area contributed by atoms with E-state index in [0.717, 1.165) is 0 Å². The minimum Gasteiger partial charge on any atom is -0.106 e. The first-order valence-electron chi connectivity index (χ1n) is 2.61. The zero-order valence-corrected chi connectivity index (χ0v) is 11.7. The minimum absolute atomic E-state index is 1.25. The Morgan fingerprint density at radius 3 is 1.80 bits per heavy atom. The molecule has 1 aromatic rings. The highest BCUT2D eigenvalue weighted by atomic mass is 127. The number of benzene rings is 1. The average Bonchev–Trinajstić information content (AvgIpc) is 1.82. The van der Waals surface area contributed by atoms with Crippen LogP contribution in [0.1, 0.15) is 0 Å². The van der Waals surface area contributed by atoms with Gasteiger partial charge in [0.05, 0.1) is 0 Å². The van der Waals surface area contributed by atoms with Crippen LogP contribution >= 0.6 is 63.7 Å². The summed E-state index contributed by atoms with van der Waals surface area (Å²) in [5, 5.41) is 2.55. The van der Waals surface area contributed by atoms with Gasteiger partial charge in [-0.05, 0) is 67.9 Å². The highest BCUT2D eigenvalue weighted by Gasteiger charge is 1.99. The summed E-state index contributed by atoms with van der Waals surface area (Å²) in [7, 11) is 5.44. The van der Waals surface area contributed by atoms with Crippen LogP contribution in [0.3, 0.4) is 0 Å². The highest BCUT2D eigenvalue weighted by molar-refractivity contribution is 14.1. The maximum Gasteiger partial charge on any atom is 0.0218 e. The molecule has 2 unspecified atom stereocenters. The van der Waals surface area contributed by atoms with Crippen molar-refractivity contribution in [3.05, 3.63) is 19.3 Å². The van der Waals surface area contributed by atoms with Crippen molar-refractivity contribution in [3.8, 4) is 0 Å². The van der Waals surface area contributed by atoms with Gasteiger partial charge in [-0.15, -0.1) is 18.5 Å². The lowest BCUT2D eigenvalue weighted by atomic mass is 10.4. The maximum absolute atomic E-state index is 2.74. The number of halogens is 2. The van der Waals surface area contributed by atoms with Gasteiger partial charge in [0.25, 0.3) is 0 Å². The molecule has 0 amide bonds. The van der Waals surface area contributed by atoms with Crippen molar-refractivity contribution >= 4 is 74.3 Å². The summed E-state index contributed by atoms with van der Waals surface area (Å²) in [5.41, 5.74) is 0. The Kier molecular flexibility index (Phi) is 3.82. The Morgan fingerprint density at radius 2 is 1.40 bits per heavy atom. The Labute approximate surface area is 92.6 Å². The highest BCUT2D eigenvalue weighted by Crippen LogP contribution is 2.11. The lowest BCUT2D eigenvalue weighted by Crippen LogP contribution is -2.07. The minimum atomic E-state index is 1.25. The average molecular weight is 394 g/mol. The van der Waals surface area contributed by atoms with Crippen LogP contribution in [0.5, 0.6) is 0 Å². The zero-order valence-electron chi connectivity index (χ0n) is 5.07. The molecule has 0 fully saturated rings. The van der Waals surface area contributed by atoms with Gasteiger partial charge in [-0.3, -0.25) is 0 Å². The van der Waals surface area contributed by atoms with Gasteiger partial charge < -0.3 is 0 Å². The number of hydrogen-bond acceptors (Lipinski definition) is 0. The third-order valence-corrected chi connectivity index (χ3v) is 5.02. The first-order valence-corrected chi connectivity index (χ1v) is 5.92. The van der Waals surface area contributed by atoms with Crippen molar-refractivity contribution in [3.63, 3.8) is 0 Å². The second-order valence-corrected chi connectivity index (χ2v) is 5.47. The quantitative estimate of drug-likeness (QED) is 0.466. The van der Waals surface area contributed by atoms with Gasteiger partial charge in [-0.25, -0.2) is 0 Å². The largest absolute Gasteiger partial charge is 0.106 e. The van der Waals surface area contributed by atoms with Crippen LogP contribution in [-0.2, 0) is 0 Å². The van der Waals surface area contributed by atoms with E-state index < -0.39 is 0 Å². The van der Waals surface area contributed by atoms with Gasteiger partial charge in [0.2, 0.25) is 0 Å². The molecule has 1 aromatic carbocycles. The second kappa shape index (κ2) is 3.97. The van der Waals surface area contributed by atoms with Crippen molar-refractivity contribution < 1.29 is 0 Å². The van der Waals surface area contributed by atoms with E-state index in [-0.39, 0.29) is 0 Å². The fourth-order valence-corrected chi connectivity index (χ4v) is 3.60. The molecular weight excluding hydrogens is 388 g/mol. The molecule has 0 aliphatic carbocycles. The lowest BCUT2D eigenvalue weighted by molar-refractivity contribution is 1.73. The molecule has 0 spiro atoms. The Balaban J connectivity index is 3.31. The Hall–Kier alpha value is 1.54. The van der Waals surface area contributed by atoms with Gasteiger partial charge >= 0.3 is 0 Å². The van der Waals surface area contributed by atoms with E-state index in [9.17, 15) is 0 Å². The lowest BCUT2D eigenvalue weighted by Gasteiger charge is -2.01. The van der Waals surface area contributed by atoms with Crippen molar-refractivity contribution in [2.24, 2.45) is 0 Å². The molecule has 54 valence electrons. The van der Waals surface area contributed by atoms with E-state index in [1.807, 2.05) is 0 Å². The van der Waals surface area contributed by atoms with Crippen molar-refractivity contribution in [2.75, 3.05) is 0 Å². The van der Waals surface area contributed by atoms with E-state index in [1.165, 1.54) is 17.7 Å². The zero-order chi connectivity index (χ0) is 7.72. The predicted octanol–water partition coefficient (Wildman–Crippen LogP) is 1.90. The van der Waals surface area contributed by atoms with E-state index in [4.69, 9.17) is 0 Å². The molecule has 0 nitrogen and oxygen atoms in total. The summed E-state index contributed by atoms with van der Waals surface area (Å²) in [5.74, 6) is 0. The summed E-state index contributed by atoms with van der Waals surface area (Å²) in [6, 6.07) is 4.30. The standard InChI is InChI=1S/C6H6I2P2/c7-4-1-3(9)2-5(8)6(4)10/h1-2H,9-10H2. The summed E-state index contributed by atoms with van der Waals surface area (Å²) in [6.45, 7) is 0. The molecule has 4 heteroatoms. The van der Waals surface area contributed by atoms with Crippen LogP contribution < -0.4 is 10.6 Å². The van der Waals surface area contributed by atoms with E-state index in [2.05, 4.69) is 75.8 Å². The molecule has 0 aromatic heterocycles. The second-order valence-electron chi connectivity index (χ2n) is 1.90. The Morgan fingerprint density at radius 1 is 1.00 bits per heavy atom. The predicted molar refractivity (Wildman–Crippen MR) is 70.6 cm³/mol. The summed E-state index contributed by atoms with van der Waals surface area (Å²) >= 11 is 4.67. The fourth-order valence-electron chi connectivity index (χ4n) is 0.604. The SMILES string of the molecule is Pc1cc(I)c(P)c(I)c1.